The molecule has 0 N–H and O–H groups in total. The van der Waals surface area contributed by atoms with Gasteiger partial charge in [0.25, 0.3) is 0 Å². The van der Waals surface area contributed by atoms with Crippen LogP contribution in [0.5, 0.6) is 0 Å². The van der Waals surface area contributed by atoms with Crippen LogP contribution in [-0.4, -0.2) is 0 Å². The molecule has 0 nitrogen and oxygen atoms in total. The van der Waals surface area contributed by atoms with E-state index in [0.717, 1.165) is 0 Å². The Morgan fingerprint density at radius 3 is 0.600 bits per heavy atom. The van der Waals surface area contributed by atoms with E-state index in [0.29, 0.717) is 0 Å². The van der Waals surface area contributed by atoms with Crippen molar-refractivity contribution in [3.05, 3.63) is 0 Å². The zero-order valence-corrected chi connectivity index (χ0v) is 6.47. The van der Waals surface area contributed by atoms with Crippen LogP contribution in [0, 0.1) is 0 Å². The van der Waals surface area contributed by atoms with Crippen LogP contribution in [-0.2, 0) is 68.3 Å². The van der Waals surface area contributed by atoms with Gasteiger partial charge < -0.3 is 0 Å². The van der Waals surface area contributed by atoms with Gasteiger partial charge in [-0.25, -0.2) is 0 Å². The van der Waals surface area contributed by atoms with E-state index < -0.39 is 0 Å². The molecule has 0 fully saturated rings. The minimum Gasteiger partial charge on any atom is -0.197 e. The number of hydrogen-bond donors (Lipinski definition) is 0. The summed E-state index contributed by atoms with van der Waals surface area (Å²) < 4.78 is 0. The fourth-order valence-corrected chi connectivity index (χ4v) is 0. The molecule has 0 amide bonds. The molecule has 0 heterocycles. The van der Waals surface area contributed by atoms with Crippen molar-refractivity contribution < 1.29 is 68.3 Å². The van der Waals surface area contributed by atoms with Crippen molar-refractivity contribution in [3.63, 3.8) is 0 Å². The van der Waals surface area contributed by atoms with Crippen molar-refractivity contribution in [1.29, 1.82) is 0 Å². The standard InChI is InChI=1S/4Cu.H2S/h;;;;1H2/q;3*+1;. The third-order valence-electron chi connectivity index (χ3n) is 0. The third-order valence-corrected chi connectivity index (χ3v) is 0. The Bertz CT molecular complexity index is 3.61. The van der Waals surface area contributed by atoms with Crippen LogP contribution in [0.3, 0.4) is 0 Å². The van der Waals surface area contributed by atoms with Crippen molar-refractivity contribution in [2.75, 3.05) is 0 Å². The average Bonchev–Trinajstić information content (AvgIpc) is 0. The molecule has 0 aromatic heterocycles. The second-order valence-electron chi connectivity index (χ2n) is 0. The van der Waals surface area contributed by atoms with E-state index in [1.54, 1.807) is 0 Å². The topological polar surface area (TPSA) is 0 Å². The molecule has 0 saturated carbocycles. The Labute approximate surface area is 80.9 Å². The normalized spacial score (nSPS) is 0. The molecule has 0 aromatic rings. The van der Waals surface area contributed by atoms with E-state index in [1.165, 1.54) is 0 Å². The molecule has 0 rings (SSSR count). The van der Waals surface area contributed by atoms with Gasteiger partial charge in [-0.05, 0) is 0 Å². The molecule has 1 radical (unpaired) electrons. The molecular formula is H2Cu4S+3. The van der Waals surface area contributed by atoms with E-state index in [4.69, 9.17) is 0 Å². The van der Waals surface area contributed by atoms with E-state index in [-0.39, 0.29) is 81.8 Å². The summed E-state index contributed by atoms with van der Waals surface area (Å²) >= 11 is 0. The number of hydrogen-bond acceptors (Lipinski definition) is 0. The summed E-state index contributed by atoms with van der Waals surface area (Å²) in [5.41, 5.74) is 0. The van der Waals surface area contributed by atoms with Crippen molar-refractivity contribution in [2.45, 2.75) is 0 Å². The van der Waals surface area contributed by atoms with Gasteiger partial charge in [0.05, 0.1) is 0 Å². The molecule has 0 aliphatic rings. The molecular weight excluding hydrogens is 286 g/mol. The maximum absolute atomic E-state index is 0. The Balaban J connectivity index is 0. The minimum absolute atomic E-state index is 0. The summed E-state index contributed by atoms with van der Waals surface area (Å²) in [5, 5.41) is 0. The molecule has 0 atom stereocenters. The van der Waals surface area contributed by atoms with Gasteiger partial charge in [0.2, 0.25) is 0 Å². The Morgan fingerprint density at radius 1 is 0.600 bits per heavy atom. The van der Waals surface area contributed by atoms with Crippen molar-refractivity contribution in [1.82, 2.24) is 0 Å². The second kappa shape index (κ2) is 32.1. The van der Waals surface area contributed by atoms with E-state index in [9.17, 15) is 0 Å². The molecule has 49 valence electrons. The molecule has 0 aliphatic carbocycles. The predicted molar refractivity (Wildman–Crippen MR) is 10.4 cm³/mol. The van der Waals surface area contributed by atoms with Crippen LogP contribution in [0.1, 0.15) is 0 Å². The first-order valence-corrected chi connectivity index (χ1v) is 0. The molecule has 0 spiro atoms. The first-order chi connectivity index (χ1) is 0. The minimum atomic E-state index is 0. The summed E-state index contributed by atoms with van der Waals surface area (Å²) in [5.74, 6) is 0. The van der Waals surface area contributed by atoms with E-state index >= 15 is 0 Å². The molecule has 0 saturated heterocycles. The van der Waals surface area contributed by atoms with Crippen molar-refractivity contribution in [2.24, 2.45) is 0 Å². The zero-order chi connectivity index (χ0) is 0. The van der Waals surface area contributed by atoms with Crippen LogP contribution < -0.4 is 0 Å². The Morgan fingerprint density at radius 2 is 0.600 bits per heavy atom. The molecule has 0 unspecified atom stereocenters. The van der Waals surface area contributed by atoms with Crippen molar-refractivity contribution in [3.8, 4) is 0 Å². The van der Waals surface area contributed by atoms with E-state index in [1.807, 2.05) is 0 Å². The van der Waals surface area contributed by atoms with E-state index in [2.05, 4.69) is 0 Å². The summed E-state index contributed by atoms with van der Waals surface area (Å²) in [7, 11) is 0. The summed E-state index contributed by atoms with van der Waals surface area (Å²) in [6.07, 6.45) is 0. The third kappa shape index (κ3) is 21.4. The first kappa shape index (κ1) is 52.1. The van der Waals surface area contributed by atoms with Gasteiger partial charge in [0.1, 0.15) is 0 Å². The van der Waals surface area contributed by atoms with Gasteiger partial charge in [-0.1, -0.05) is 0 Å². The van der Waals surface area contributed by atoms with Crippen LogP contribution in [0.2, 0.25) is 0 Å². The molecule has 5 heteroatoms. The smallest absolute Gasteiger partial charge is 0.197 e. The van der Waals surface area contributed by atoms with Gasteiger partial charge >= 0.3 is 51.2 Å². The molecule has 0 aliphatic heterocycles. The maximum Gasteiger partial charge on any atom is 1.00 e. The quantitative estimate of drug-likeness (QED) is 0.555. The van der Waals surface area contributed by atoms with Gasteiger partial charge in [-0.2, -0.15) is 13.5 Å². The van der Waals surface area contributed by atoms with Crippen molar-refractivity contribution >= 4 is 13.5 Å². The largest absolute Gasteiger partial charge is 1.00 e. The summed E-state index contributed by atoms with van der Waals surface area (Å²) in [6.45, 7) is 0. The summed E-state index contributed by atoms with van der Waals surface area (Å²) in [4.78, 5) is 0. The molecule has 0 bridgehead atoms. The van der Waals surface area contributed by atoms with Gasteiger partial charge in [0, 0.05) is 17.1 Å². The zero-order valence-electron chi connectivity index (χ0n) is 1.71. The Kier molecular flexibility index (Phi) is 335. The summed E-state index contributed by atoms with van der Waals surface area (Å²) in [6, 6.07) is 0. The molecule has 5 heavy (non-hydrogen) atoms. The van der Waals surface area contributed by atoms with Crippen LogP contribution in [0.15, 0.2) is 0 Å². The number of rotatable bonds is 0. The monoisotopic (exact) mass is 286 g/mol. The average molecular weight is 288 g/mol. The van der Waals surface area contributed by atoms with Crippen LogP contribution >= 0.6 is 13.5 Å². The Hall–Kier alpha value is 2.43. The SMILES string of the molecule is S.[Cu+].[Cu+].[Cu+].[Cu]. The first-order valence-electron chi connectivity index (χ1n) is 0. The maximum atomic E-state index is 0. The molecule has 0 aromatic carbocycles. The van der Waals surface area contributed by atoms with Crippen LogP contribution in [0.4, 0.5) is 0 Å². The fourth-order valence-electron chi connectivity index (χ4n) is 0. The fraction of sp³-hybridized carbons (Fsp3) is 0. The second-order valence-corrected chi connectivity index (χ2v) is 0. The predicted octanol–water partition coefficient (Wildman–Crippen LogP) is 0.103. The van der Waals surface area contributed by atoms with Crippen LogP contribution in [0.25, 0.3) is 0 Å². The van der Waals surface area contributed by atoms with Gasteiger partial charge in [-0.15, -0.1) is 0 Å². The van der Waals surface area contributed by atoms with Gasteiger partial charge in [-0.3, -0.25) is 0 Å². The van der Waals surface area contributed by atoms with Gasteiger partial charge in [0.15, 0.2) is 0 Å².